The highest BCUT2D eigenvalue weighted by Crippen LogP contribution is 2.18. The molecule has 0 unspecified atom stereocenters. The van der Waals surface area contributed by atoms with Crippen LogP contribution in [0.1, 0.15) is 12.8 Å². The second kappa shape index (κ2) is 3.45. The van der Waals surface area contributed by atoms with Gasteiger partial charge in [0.25, 0.3) is 0 Å². The summed E-state index contributed by atoms with van der Waals surface area (Å²) in [4.78, 5) is 15.1. The zero-order chi connectivity index (χ0) is 9.26. The lowest BCUT2D eigenvalue weighted by molar-refractivity contribution is -0.122. The van der Waals surface area contributed by atoms with E-state index in [2.05, 4.69) is 31.3 Å². The largest absolute Gasteiger partial charge is 0.352 e. The number of amides is 1. The lowest BCUT2D eigenvalue weighted by atomic mass is 10.5. The Morgan fingerprint density at radius 3 is 3.08 bits per heavy atom. The van der Waals surface area contributed by atoms with Gasteiger partial charge in [-0.25, -0.2) is 9.67 Å². The Kier molecular flexibility index (Phi) is 2.30. The number of rotatable bonds is 3. The summed E-state index contributed by atoms with van der Waals surface area (Å²) >= 11 is 3.11. The Hall–Kier alpha value is -0.910. The molecular formula is C7H9BrN4O. The van der Waals surface area contributed by atoms with Gasteiger partial charge in [0, 0.05) is 6.04 Å². The number of hydrogen-bond acceptors (Lipinski definition) is 3. The lowest BCUT2D eigenvalue weighted by Gasteiger charge is -2.01. The molecule has 13 heavy (non-hydrogen) atoms. The Morgan fingerprint density at radius 1 is 1.77 bits per heavy atom. The summed E-state index contributed by atoms with van der Waals surface area (Å²) in [5, 5.41) is 6.81. The second-order valence-corrected chi connectivity index (χ2v) is 3.76. The average Bonchev–Trinajstić information content (AvgIpc) is 2.76. The fourth-order valence-electron chi connectivity index (χ4n) is 0.996. The molecule has 1 amide bonds. The molecule has 5 nitrogen and oxygen atoms in total. The van der Waals surface area contributed by atoms with Gasteiger partial charge in [0.05, 0.1) is 0 Å². The van der Waals surface area contributed by atoms with Crippen LogP contribution >= 0.6 is 15.9 Å². The molecule has 0 atom stereocenters. The van der Waals surface area contributed by atoms with Gasteiger partial charge in [-0.3, -0.25) is 4.79 Å². The van der Waals surface area contributed by atoms with Crippen molar-refractivity contribution in [1.29, 1.82) is 0 Å². The van der Waals surface area contributed by atoms with Gasteiger partial charge in [-0.15, -0.1) is 5.10 Å². The first-order valence-electron chi connectivity index (χ1n) is 4.08. The monoisotopic (exact) mass is 244 g/mol. The van der Waals surface area contributed by atoms with Crippen LogP contribution in [-0.4, -0.2) is 26.7 Å². The Bertz CT molecular complexity index is 320. The van der Waals surface area contributed by atoms with E-state index in [1.54, 1.807) is 0 Å². The quantitative estimate of drug-likeness (QED) is 0.834. The molecule has 1 aliphatic rings. The van der Waals surface area contributed by atoms with Crippen molar-refractivity contribution >= 4 is 21.8 Å². The standard InChI is InChI=1S/C7H9BrN4O/c8-7-9-4-12(11-7)3-6(13)10-5-1-2-5/h4-5H,1-3H2,(H,10,13). The van der Waals surface area contributed by atoms with Gasteiger partial charge in [-0.2, -0.15) is 0 Å². The molecule has 1 aromatic heterocycles. The molecule has 1 aliphatic carbocycles. The van der Waals surface area contributed by atoms with Gasteiger partial charge in [0.2, 0.25) is 10.6 Å². The number of aromatic nitrogens is 3. The molecule has 0 radical (unpaired) electrons. The van der Waals surface area contributed by atoms with Crippen molar-refractivity contribution in [2.45, 2.75) is 25.4 Å². The fraction of sp³-hybridized carbons (Fsp3) is 0.571. The molecule has 0 bridgehead atoms. The predicted octanol–water partition coefficient (Wildman–Crippen LogP) is 0.319. The summed E-state index contributed by atoms with van der Waals surface area (Å²) in [5.41, 5.74) is 0. The number of carbonyl (C=O) groups is 1. The zero-order valence-electron chi connectivity index (χ0n) is 6.90. The lowest BCUT2D eigenvalue weighted by Crippen LogP contribution is -2.29. The Morgan fingerprint density at radius 2 is 2.54 bits per heavy atom. The van der Waals surface area contributed by atoms with E-state index in [0.717, 1.165) is 12.8 Å². The van der Waals surface area contributed by atoms with E-state index in [4.69, 9.17) is 0 Å². The zero-order valence-corrected chi connectivity index (χ0v) is 8.49. The van der Waals surface area contributed by atoms with E-state index >= 15 is 0 Å². The fourth-order valence-corrected chi connectivity index (χ4v) is 1.29. The van der Waals surface area contributed by atoms with Crippen LogP contribution in [0.4, 0.5) is 0 Å². The molecule has 1 fully saturated rings. The topological polar surface area (TPSA) is 59.8 Å². The predicted molar refractivity (Wildman–Crippen MR) is 48.9 cm³/mol. The van der Waals surface area contributed by atoms with Crippen LogP contribution in [0.15, 0.2) is 11.1 Å². The molecule has 6 heteroatoms. The number of hydrogen-bond donors (Lipinski definition) is 1. The summed E-state index contributed by atoms with van der Waals surface area (Å²) in [5.74, 6) is -0.0000926. The molecule has 0 aromatic carbocycles. The van der Waals surface area contributed by atoms with Crippen molar-refractivity contribution in [1.82, 2.24) is 20.1 Å². The molecule has 0 aliphatic heterocycles. The maximum atomic E-state index is 11.3. The summed E-state index contributed by atoms with van der Waals surface area (Å²) in [7, 11) is 0. The molecule has 1 heterocycles. The van der Waals surface area contributed by atoms with Crippen LogP contribution in [0.2, 0.25) is 0 Å². The maximum Gasteiger partial charge on any atom is 0.242 e. The van der Waals surface area contributed by atoms with Crippen molar-refractivity contribution in [3.8, 4) is 0 Å². The smallest absolute Gasteiger partial charge is 0.242 e. The van der Waals surface area contributed by atoms with E-state index in [1.165, 1.54) is 11.0 Å². The summed E-state index contributed by atoms with van der Waals surface area (Å²) in [6.45, 7) is 0.245. The van der Waals surface area contributed by atoms with Crippen molar-refractivity contribution in [2.75, 3.05) is 0 Å². The molecule has 0 saturated heterocycles. The van der Waals surface area contributed by atoms with Gasteiger partial charge in [-0.1, -0.05) is 0 Å². The molecule has 70 valence electrons. The SMILES string of the molecule is O=C(Cn1cnc(Br)n1)NC1CC1. The summed E-state index contributed by atoms with van der Waals surface area (Å²) in [6, 6.07) is 0.402. The third-order valence-corrected chi connectivity index (χ3v) is 2.12. The Labute approximate surface area is 83.7 Å². The minimum absolute atomic E-state index is 0.0000926. The molecule has 1 aromatic rings. The number of nitrogens with one attached hydrogen (secondary N) is 1. The molecule has 0 spiro atoms. The van der Waals surface area contributed by atoms with Gasteiger partial charge in [0.1, 0.15) is 12.9 Å². The normalized spacial score (nSPS) is 15.8. The third-order valence-electron chi connectivity index (χ3n) is 1.76. The van der Waals surface area contributed by atoms with Gasteiger partial charge < -0.3 is 5.32 Å². The summed E-state index contributed by atoms with van der Waals surface area (Å²) in [6.07, 6.45) is 3.73. The van der Waals surface area contributed by atoms with Crippen LogP contribution in [0.3, 0.4) is 0 Å². The first kappa shape index (κ1) is 8.68. The first-order chi connectivity index (χ1) is 6.24. The van der Waals surface area contributed by atoms with E-state index < -0.39 is 0 Å². The van der Waals surface area contributed by atoms with Crippen LogP contribution in [-0.2, 0) is 11.3 Å². The van der Waals surface area contributed by atoms with Crippen molar-refractivity contribution < 1.29 is 4.79 Å². The van der Waals surface area contributed by atoms with Crippen LogP contribution in [0.5, 0.6) is 0 Å². The highest BCUT2D eigenvalue weighted by molar-refractivity contribution is 9.10. The van der Waals surface area contributed by atoms with E-state index in [0.29, 0.717) is 10.8 Å². The highest BCUT2D eigenvalue weighted by Gasteiger charge is 2.23. The first-order valence-corrected chi connectivity index (χ1v) is 4.87. The van der Waals surface area contributed by atoms with Crippen LogP contribution in [0.25, 0.3) is 0 Å². The molecule has 1 saturated carbocycles. The number of carbonyl (C=O) groups excluding carboxylic acids is 1. The minimum Gasteiger partial charge on any atom is -0.352 e. The molecule has 1 N–H and O–H groups in total. The van der Waals surface area contributed by atoms with E-state index in [-0.39, 0.29) is 12.5 Å². The van der Waals surface area contributed by atoms with Crippen molar-refractivity contribution in [2.24, 2.45) is 0 Å². The van der Waals surface area contributed by atoms with Gasteiger partial charge in [-0.05, 0) is 28.8 Å². The van der Waals surface area contributed by atoms with E-state index in [1.807, 2.05) is 0 Å². The average molecular weight is 245 g/mol. The van der Waals surface area contributed by atoms with Gasteiger partial charge >= 0.3 is 0 Å². The number of nitrogens with zero attached hydrogens (tertiary/aromatic N) is 3. The number of halogens is 1. The second-order valence-electron chi connectivity index (χ2n) is 3.05. The van der Waals surface area contributed by atoms with Crippen LogP contribution in [0, 0.1) is 0 Å². The van der Waals surface area contributed by atoms with Crippen molar-refractivity contribution in [3.63, 3.8) is 0 Å². The maximum absolute atomic E-state index is 11.3. The van der Waals surface area contributed by atoms with Gasteiger partial charge in [0.15, 0.2) is 0 Å². The third kappa shape index (κ3) is 2.51. The highest BCUT2D eigenvalue weighted by atomic mass is 79.9. The Balaban J connectivity index is 1.85. The molecule has 2 rings (SSSR count). The van der Waals surface area contributed by atoms with Crippen molar-refractivity contribution in [3.05, 3.63) is 11.1 Å². The van der Waals surface area contributed by atoms with Crippen LogP contribution < -0.4 is 5.32 Å². The van der Waals surface area contributed by atoms with E-state index in [9.17, 15) is 4.79 Å². The summed E-state index contributed by atoms with van der Waals surface area (Å²) < 4.78 is 2.01. The molecular weight excluding hydrogens is 236 g/mol. The minimum atomic E-state index is -0.0000926.